The predicted molar refractivity (Wildman–Crippen MR) is 71.2 cm³/mol. The Hall–Kier alpha value is -3.16. The van der Waals surface area contributed by atoms with Crippen LogP contribution in [-0.2, 0) is 9.59 Å². The normalized spacial score (nSPS) is 10.6. The molecule has 1 heterocycles. The molecule has 2 aromatic rings. The van der Waals surface area contributed by atoms with Gasteiger partial charge in [-0.2, -0.15) is 9.67 Å². The number of nitrogens with one attached hydrogen (secondary N) is 1. The van der Waals surface area contributed by atoms with E-state index in [9.17, 15) is 9.59 Å². The molecule has 0 aliphatic rings. The van der Waals surface area contributed by atoms with Crippen LogP contribution in [-0.4, -0.2) is 31.7 Å². The maximum Gasteiger partial charge on any atom is 0.328 e. The number of carbonyl (C=O) groups excluding carboxylic acids is 1. The predicted octanol–water partition coefficient (Wildman–Crippen LogP) is 0.429. The van der Waals surface area contributed by atoms with Crippen molar-refractivity contribution in [2.75, 3.05) is 11.1 Å². The van der Waals surface area contributed by atoms with Gasteiger partial charge in [0.25, 0.3) is 11.9 Å². The van der Waals surface area contributed by atoms with E-state index in [0.29, 0.717) is 11.8 Å². The van der Waals surface area contributed by atoms with Crippen LogP contribution >= 0.6 is 0 Å². The number of nitrogens with two attached hydrogens (primary N) is 1. The van der Waals surface area contributed by atoms with E-state index in [1.807, 2.05) is 18.2 Å². The minimum Gasteiger partial charge on any atom is -0.478 e. The van der Waals surface area contributed by atoms with Crippen LogP contribution in [0.5, 0.6) is 0 Å². The minimum absolute atomic E-state index is 0.00797. The second-order valence-corrected chi connectivity index (χ2v) is 3.70. The minimum atomic E-state index is -1.22. The zero-order valence-corrected chi connectivity index (χ0v) is 10.2. The molecule has 0 atom stereocenters. The summed E-state index contributed by atoms with van der Waals surface area (Å²) < 4.78 is 1.36. The van der Waals surface area contributed by atoms with E-state index >= 15 is 0 Å². The van der Waals surface area contributed by atoms with Gasteiger partial charge in [-0.1, -0.05) is 18.2 Å². The summed E-state index contributed by atoms with van der Waals surface area (Å²) in [5, 5.41) is 14.7. The molecule has 0 bridgehead atoms. The number of para-hydroxylation sites is 1. The Kier molecular flexibility index (Phi) is 3.75. The van der Waals surface area contributed by atoms with Gasteiger partial charge in [0.05, 0.1) is 5.69 Å². The van der Waals surface area contributed by atoms with Crippen molar-refractivity contribution in [1.82, 2.24) is 14.8 Å². The number of amides is 1. The van der Waals surface area contributed by atoms with E-state index in [1.165, 1.54) is 4.68 Å². The van der Waals surface area contributed by atoms with E-state index in [2.05, 4.69) is 15.4 Å². The number of carboxylic acid groups (broad SMARTS) is 1. The highest BCUT2D eigenvalue weighted by molar-refractivity contribution is 6.01. The highest BCUT2D eigenvalue weighted by Crippen LogP contribution is 2.12. The largest absolute Gasteiger partial charge is 0.478 e. The molecule has 0 saturated carbocycles. The molecule has 0 fully saturated rings. The van der Waals surface area contributed by atoms with Gasteiger partial charge in [-0.3, -0.25) is 10.1 Å². The Bertz CT molecular complexity index is 663. The molecular weight excluding hydrogens is 262 g/mol. The molecule has 102 valence electrons. The summed E-state index contributed by atoms with van der Waals surface area (Å²) in [5.74, 6) is -1.78. The van der Waals surface area contributed by atoms with Crippen molar-refractivity contribution in [2.45, 2.75) is 0 Å². The Labute approximate surface area is 113 Å². The SMILES string of the molecule is Nc1nc(NC(=O)/C=C/C(=O)O)nn1-c1ccccc1. The number of hydrogen-bond acceptors (Lipinski definition) is 5. The lowest BCUT2D eigenvalue weighted by atomic mass is 10.3. The van der Waals surface area contributed by atoms with E-state index in [4.69, 9.17) is 10.8 Å². The lowest BCUT2D eigenvalue weighted by Gasteiger charge is -2.00. The number of carboxylic acids is 1. The van der Waals surface area contributed by atoms with Crippen molar-refractivity contribution in [3.63, 3.8) is 0 Å². The smallest absolute Gasteiger partial charge is 0.328 e. The first kappa shape index (κ1) is 13.3. The third-order valence-electron chi connectivity index (χ3n) is 2.25. The van der Waals surface area contributed by atoms with E-state index < -0.39 is 11.9 Å². The van der Waals surface area contributed by atoms with Crippen LogP contribution in [0.25, 0.3) is 5.69 Å². The van der Waals surface area contributed by atoms with Crippen LogP contribution in [0.4, 0.5) is 11.9 Å². The number of hydrogen-bond donors (Lipinski definition) is 3. The molecule has 0 spiro atoms. The molecule has 1 aromatic carbocycles. The average molecular weight is 273 g/mol. The summed E-state index contributed by atoms with van der Waals surface area (Å²) in [7, 11) is 0. The zero-order valence-electron chi connectivity index (χ0n) is 10.2. The molecule has 1 aromatic heterocycles. The Balaban J connectivity index is 2.16. The summed E-state index contributed by atoms with van der Waals surface area (Å²) in [4.78, 5) is 25.5. The quantitative estimate of drug-likeness (QED) is 0.694. The van der Waals surface area contributed by atoms with Crippen molar-refractivity contribution in [2.24, 2.45) is 0 Å². The zero-order chi connectivity index (χ0) is 14.5. The Morgan fingerprint density at radius 2 is 1.95 bits per heavy atom. The molecular formula is C12H11N5O3. The van der Waals surface area contributed by atoms with Gasteiger partial charge in [0.2, 0.25) is 5.95 Å². The standard InChI is InChI=1S/C12H11N5O3/c13-11-15-12(14-9(18)6-7-10(19)20)16-17(11)8-4-2-1-3-5-8/h1-7H,(H,19,20)(H3,13,14,15,16,18)/b7-6+. The van der Waals surface area contributed by atoms with Gasteiger partial charge < -0.3 is 10.8 Å². The van der Waals surface area contributed by atoms with Crippen molar-refractivity contribution < 1.29 is 14.7 Å². The van der Waals surface area contributed by atoms with E-state index in [0.717, 1.165) is 6.08 Å². The number of nitrogen functional groups attached to an aromatic ring is 1. The van der Waals surface area contributed by atoms with Gasteiger partial charge >= 0.3 is 5.97 Å². The molecule has 1 amide bonds. The molecule has 2 rings (SSSR count). The molecule has 0 aliphatic carbocycles. The molecule has 4 N–H and O–H groups in total. The maximum absolute atomic E-state index is 11.4. The molecule has 0 saturated heterocycles. The first-order valence-electron chi connectivity index (χ1n) is 5.56. The number of benzene rings is 1. The van der Waals surface area contributed by atoms with Crippen molar-refractivity contribution >= 4 is 23.8 Å². The second kappa shape index (κ2) is 5.65. The van der Waals surface area contributed by atoms with Crippen LogP contribution in [0.1, 0.15) is 0 Å². The van der Waals surface area contributed by atoms with Gasteiger partial charge in [0.1, 0.15) is 0 Å². The fourth-order valence-corrected chi connectivity index (χ4v) is 1.44. The third kappa shape index (κ3) is 3.19. The maximum atomic E-state index is 11.4. The number of anilines is 2. The third-order valence-corrected chi connectivity index (χ3v) is 2.25. The van der Waals surface area contributed by atoms with Crippen LogP contribution in [0.3, 0.4) is 0 Å². The van der Waals surface area contributed by atoms with Gasteiger partial charge in [-0.05, 0) is 12.1 Å². The fourth-order valence-electron chi connectivity index (χ4n) is 1.44. The molecule has 0 radical (unpaired) electrons. The van der Waals surface area contributed by atoms with Gasteiger partial charge in [0.15, 0.2) is 0 Å². The Morgan fingerprint density at radius 3 is 2.60 bits per heavy atom. The van der Waals surface area contributed by atoms with Crippen molar-refractivity contribution in [3.8, 4) is 5.69 Å². The lowest BCUT2D eigenvalue weighted by Crippen LogP contribution is -2.10. The molecule has 0 unspecified atom stereocenters. The average Bonchev–Trinajstić information content (AvgIpc) is 2.78. The monoisotopic (exact) mass is 273 g/mol. The topological polar surface area (TPSA) is 123 Å². The summed E-state index contributed by atoms with van der Waals surface area (Å²) >= 11 is 0. The first-order chi connectivity index (χ1) is 9.56. The van der Waals surface area contributed by atoms with Crippen molar-refractivity contribution in [1.29, 1.82) is 0 Å². The fraction of sp³-hybridized carbons (Fsp3) is 0. The summed E-state index contributed by atoms with van der Waals surface area (Å²) in [6.45, 7) is 0. The number of aliphatic carboxylic acids is 1. The number of carbonyl (C=O) groups is 2. The summed E-state index contributed by atoms with van der Waals surface area (Å²) in [6.07, 6.45) is 1.58. The number of nitrogens with zero attached hydrogens (tertiary/aromatic N) is 3. The number of rotatable bonds is 4. The number of aromatic nitrogens is 3. The summed E-state index contributed by atoms with van der Waals surface area (Å²) in [6, 6.07) is 9.02. The van der Waals surface area contributed by atoms with Crippen LogP contribution in [0.2, 0.25) is 0 Å². The van der Waals surface area contributed by atoms with Crippen molar-refractivity contribution in [3.05, 3.63) is 42.5 Å². The van der Waals surface area contributed by atoms with Crippen LogP contribution in [0, 0.1) is 0 Å². The molecule has 20 heavy (non-hydrogen) atoms. The van der Waals surface area contributed by atoms with Crippen LogP contribution in [0.15, 0.2) is 42.5 Å². The van der Waals surface area contributed by atoms with E-state index in [-0.39, 0.29) is 11.9 Å². The summed E-state index contributed by atoms with van der Waals surface area (Å²) in [5.41, 5.74) is 6.39. The lowest BCUT2D eigenvalue weighted by molar-refractivity contribution is -0.131. The van der Waals surface area contributed by atoms with Gasteiger partial charge in [-0.25, -0.2) is 4.79 Å². The van der Waals surface area contributed by atoms with Gasteiger partial charge in [0, 0.05) is 12.2 Å². The second-order valence-electron chi connectivity index (χ2n) is 3.70. The first-order valence-corrected chi connectivity index (χ1v) is 5.56. The highest BCUT2D eigenvalue weighted by atomic mass is 16.4. The van der Waals surface area contributed by atoms with E-state index in [1.54, 1.807) is 12.1 Å². The van der Waals surface area contributed by atoms with Gasteiger partial charge in [-0.15, -0.1) is 5.10 Å². The van der Waals surface area contributed by atoms with Crippen LogP contribution < -0.4 is 11.1 Å². The molecule has 8 heteroatoms. The molecule has 8 nitrogen and oxygen atoms in total. The highest BCUT2D eigenvalue weighted by Gasteiger charge is 2.10. The Morgan fingerprint density at radius 1 is 1.25 bits per heavy atom. The molecule has 0 aliphatic heterocycles.